The summed E-state index contributed by atoms with van der Waals surface area (Å²) in [6, 6.07) is 8.53. The first-order valence-corrected chi connectivity index (χ1v) is 5.81. The Morgan fingerprint density at radius 2 is 1.95 bits per heavy atom. The smallest absolute Gasteiger partial charge is 0.250 e. The fraction of sp³-hybridized carbons (Fsp3) is 0.143. The number of carbonyl (C=O) groups excluding carboxylic acids is 1. The van der Waals surface area contributed by atoms with E-state index < -0.39 is 0 Å². The summed E-state index contributed by atoms with van der Waals surface area (Å²) in [5.74, 6) is -0.156. The molecule has 0 aliphatic carbocycles. The van der Waals surface area contributed by atoms with E-state index in [4.69, 9.17) is 5.73 Å². The van der Waals surface area contributed by atoms with Crippen molar-refractivity contribution in [2.75, 3.05) is 11.1 Å². The van der Waals surface area contributed by atoms with Gasteiger partial charge in [-0.3, -0.25) is 9.59 Å². The molecule has 2 rings (SSSR count). The predicted molar refractivity (Wildman–Crippen MR) is 75.8 cm³/mol. The van der Waals surface area contributed by atoms with Crippen LogP contribution in [0.25, 0.3) is 11.1 Å². The normalized spacial score (nSPS) is 10.2. The zero-order valence-electron chi connectivity index (χ0n) is 10.8. The second-order valence-electron chi connectivity index (χ2n) is 4.39. The third-order valence-corrected chi connectivity index (χ3v) is 2.69. The summed E-state index contributed by atoms with van der Waals surface area (Å²) >= 11 is 0. The number of nitrogens with two attached hydrogens (primary N) is 1. The van der Waals surface area contributed by atoms with Gasteiger partial charge >= 0.3 is 0 Å². The maximum absolute atomic E-state index is 11.4. The Hall–Kier alpha value is -2.56. The predicted octanol–water partition coefficient (Wildman–Crippen LogP) is 1.59. The molecular formula is C14H15N3O2. The van der Waals surface area contributed by atoms with Crippen LogP contribution in [0.15, 0.2) is 41.3 Å². The fourth-order valence-electron chi connectivity index (χ4n) is 1.86. The standard InChI is InChI=1S/C14H15N3O2/c1-9(18)16-13-6-11(5-12(15)7-13)10-3-4-14(19)17(2)8-10/h3-8H,15H2,1-2H3,(H,16,18). The Balaban J connectivity index is 2.49. The minimum absolute atomic E-state index is 0.0743. The highest BCUT2D eigenvalue weighted by Gasteiger charge is 2.04. The Bertz CT molecular complexity index is 689. The topological polar surface area (TPSA) is 77.1 Å². The fourth-order valence-corrected chi connectivity index (χ4v) is 1.86. The number of carbonyl (C=O) groups is 1. The molecule has 5 nitrogen and oxygen atoms in total. The number of anilines is 2. The van der Waals surface area contributed by atoms with Crippen LogP contribution in [0.2, 0.25) is 0 Å². The highest BCUT2D eigenvalue weighted by molar-refractivity contribution is 5.90. The van der Waals surface area contributed by atoms with Gasteiger partial charge < -0.3 is 15.6 Å². The van der Waals surface area contributed by atoms with Crippen LogP contribution in [0.1, 0.15) is 6.92 Å². The second-order valence-corrected chi connectivity index (χ2v) is 4.39. The Kier molecular flexibility index (Phi) is 3.37. The number of rotatable bonds is 2. The maximum Gasteiger partial charge on any atom is 0.250 e. The van der Waals surface area contributed by atoms with Crippen molar-refractivity contribution in [2.24, 2.45) is 7.05 Å². The number of nitrogens with one attached hydrogen (secondary N) is 1. The first-order chi connectivity index (χ1) is 8.95. The first kappa shape index (κ1) is 12.9. The lowest BCUT2D eigenvalue weighted by molar-refractivity contribution is -0.114. The van der Waals surface area contributed by atoms with E-state index in [1.807, 2.05) is 6.07 Å². The molecule has 98 valence electrons. The van der Waals surface area contributed by atoms with Gasteiger partial charge in [-0.1, -0.05) is 0 Å². The van der Waals surface area contributed by atoms with E-state index in [1.54, 1.807) is 31.4 Å². The van der Waals surface area contributed by atoms with Gasteiger partial charge in [0.1, 0.15) is 0 Å². The Morgan fingerprint density at radius 1 is 1.21 bits per heavy atom. The second kappa shape index (κ2) is 4.97. The van der Waals surface area contributed by atoms with Crippen LogP contribution >= 0.6 is 0 Å². The van der Waals surface area contributed by atoms with Crippen molar-refractivity contribution in [3.05, 3.63) is 46.9 Å². The summed E-state index contributed by atoms with van der Waals surface area (Å²) < 4.78 is 1.50. The van der Waals surface area contributed by atoms with Crippen molar-refractivity contribution in [1.29, 1.82) is 0 Å². The van der Waals surface area contributed by atoms with Gasteiger partial charge in [-0.25, -0.2) is 0 Å². The molecular weight excluding hydrogens is 242 g/mol. The molecule has 0 atom stereocenters. The molecule has 19 heavy (non-hydrogen) atoms. The van der Waals surface area contributed by atoms with E-state index in [0.717, 1.165) is 11.1 Å². The molecule has 0 aliphatic rings. The molecule has 1 aromatic heterocycles. The molecule has 0 aliphatic heterocycles. The number of hydrogen-bond donors (Lipinski definition) is 2. The summed E-state index contributed by atoms with van der Waals surface area (Å²) in [5.41, 5.74) is 8.64. The van der Waals surface area contributed by atoms with E-state index in [1.165, 1.54) is 17.6 Å². The van der Waals surface area contributed by atoms with E-state index in [9.17, 15) is 9.59 Å². The molecule has 1 amide bonds. The van der Waals surface area contributed by atoms with Gasteiger partial charge in [-0.2, -0.15) is 0 Å². The Labute approximate surface area is 110 Å². The highest BCUT2D eigenvalue weighted by Crippen LogP contribution is 2.25. The average molecular weight is 257 g/mol. The lowest BCUT2D eigenvalue weighted by Crippen LogP contribution is -2.14. The lowest BCUT2D eigenvalue weighted by Gasteiger charge is -2.09. The van der Waals surface area contributed by atoms with Crippen molar-refractivity contribution >= 4 is 17.3 Å². The van der Waals surface area contributed by atoms with Gasteiger partial charge in [0.25, 0.3) is 0 Å². The van der Waals surface area contributed by atoms with Gasteiger partial charge in [0.15, 0.2) is 0 Å². The minimum atomic E-state index is -0.156. The van der Waals surface area contributed by atoms with Crippen molar-refractivity contribution in [1.82, 2.24) is 4.57 Å². The van der Waals surface area contributed by atoms with E-state index >= 15 is 0 Å². The average Bonchev–Trinajstić information content (AvgIpc) is 2.31. The van der Waals surface area contributed by atoms with Crippen LogP contribution in [-0.2, 0) is 11.8 Å². The number of aryl methyl sites for hydroxylation is 1. The summed E-state index contributed by atoms with van der Waals surface area (Å²) in [6.07, 6.45) is 1.73. The Morgan fingerprint density at radius 3 is 2.58 bits per heavy atom. The quantitative estimate of drug-likeness (QED) is 0.802. The molecule has 3 N–H and O–H groups in total. The molecule has 0 unspecified atom stereocenters. The van der Waals surface area contributed by atoms with Crippen LogP contribution < -0.4 is 16.6 Å². The van der Waals surface area contributed by atoms with E-state index in [-0.39, 0.29) is 11.5 Å². The summed E-state index contributed by atoms with van der Waals surface area (Å²) in [7, 11) is 1.69. The molecule has 0 bridgehead atoms. The highest BCUT2D eigenvalue weighted by atomic mass is 16.1. The molecule has 0 radical (unpaired) electrons. The molecule has 5 heteroatoms. The molecule has 1 heterocycles. The summed E-state index contributed by atoms with van der Waals surface area (Å²) in [5, 5.41) is 2.69. The molecule has 2 aromatic rings. The van der Waals surface area contributed by atoms with Crippen molar-refractivity contribution < 1.29 is 4.79 Å². The van der Waals surface area contributed by atoms with Gasteiger partial charge in [-0.15, -0.1) is 0 Å². The summed E-state index contributed by atoms with van der Waals surface area (Å²) in [4.78, 5) is 22.4. The van der Waals surface area contributed by atoms with Gasteiger partial charge in [-0.05, 0) is 35.4 Å². The van der Waals surface area contributed by atoms with E-state index in [2.05, 4.69) is 5.32 Å². The third kappa shape index (κ3) is 3.01. The minimum Gasteiger partial charge on any atom is -0.399 e. The first-order valence-electron chi connectivity index (χ1n) is 5.81. The molecule has 1 aromatic carbocycles. The molecule has 0 saturated heterocycles. The molecule has 0 spiro atoms. The van der Waals surface area contributed by atoms with Crippen LogP contribution in [0.3, 0.4) is 0 Å². The van der Waals surface area contributed by atoms with Crippen LogP contribution in [0, 0.1) is 0 Å². The molecule has 0 saturated carbocycles. The summed E-state index contributed by atoms with van der Waals surface area (Å²) in [6.45, 7) is 1.44. The zero-order chi connectivity index (χ0) is 14.0. The molecule has 0 fully saturated rings. The third-order valence-electron chi connectivity index (χ3n) is 2.69. The number of benzene rings is 1. The van der Waals surface area contributed by atoms with Crippen LogP contribution in [0.4, 0.5) is 11.4 Å². The van der Waals surface area contributed by atoms with Crippen molar-refractivity contribution in [3.63, 3.8) is 0 Å². The number of nitrogens with zero attached hydrogens (tertiary/aromatic N) is 1. The lowest BCUT2D eigenvalue weighted by atomic mass is 10.1. The number of aromatic nitrogens is 1. The van der Waals surface area contributed by atoms with Crippen LogP contribution in [0.5, 0.6) is 0 Å². The SMILES string of the molecule is CC(=O)Nc1cc(N)cc(-c2ccc(=O)n(C)c2)c1. The van der Waals surface area contributed by atoms with Gasteiger partial charge in [0.2, 0.25) is 11.5 Å². The zero-order valence-corrected chi connectivity index (χ0v) is 10.8. The van der Waals surface area contributed by atoms with Crippen molar-refractivity contribution in [3.8, 4) is 11.1 Å². The number of hydrogen-bond acceptors (Lipinski definition) is 3. The monoisotopic (exact) mass is 257 g/mol. The number of nitrogen functional groups attached to an aromatic ring is 1. The maximum atomic E-state index is 11.4. The van der Waals surface area contributed by atoms with Crippen molar-refractivity contribution in [2.45, 2.75) is 6.92 Å². The van der Waals surface area contributed by atoms with Gasteiger partial charge in [0, 0.05) is 37.6 Å². The number of amides is 1. The van der Waals surface area contributed by atoms with Crippen LogP contribution in [-0.4, -0.2) is 10.5 Å². The number of pyridine rings is 1. The largest absolute Gasteiger partial charge is 0.399 e. The van der Waals surface area contributed by atoms with E-state index in [0.29, 0.717) is 11.4 Å². The van der Waals surface area contributed by atoms with Gasteiger partial charge in [0.05, 0.1) is 0 Å².